The van der Waals surface area contributed by atoms with E-state index >= 15 is 0 Å². The molecule has 3 amide bonds. The standard InChI is InChI=1S/C10H15F2N3O4/c11-7(12)9(17)15-14-8(16)5-1-3-6(4-2-5)19-10(13)18/h5-7H,1-4H2,(H2,13,18)(H,14,16)(H,15,17). The summed E-state index contributed by atoms with van der Waals surface area (Å²) in [6.07, 6.45) is -2.59. The number of carbonyl (C=O) groups is 3. The van der Waals surface area contributed by atoms with E-state index in [9.17, 15) is 23.2 Å². The van der Waals surface area contributed by atoms with E-state index in [-0.39, 0.29) is 6.10 Å². The summed E-state index contributed by atoms with van der Waals surface area (Å²) in [5.41, 5.74) is 8.44. The van der Waals surface area contributed by atoms with Crippen LogP contribution in [0.15, 0.2) is 0 Å². The van der Waals surface area contributed by atoms with Gasteiger partial charge in [0.25, 0.3) is 0 Å². The molecule has 108 valence electrons. The van der Waals surface area contributed by atoms with Crippen LogP contribution in [0, 0.1) is 5.92 Å². The Morgan fingerprint density at radius 3 is 2.16 bits per heavy atom. The van der Waals surface area contributed by atoms with Gasteiger partial charge in [-0.25, -0.2) is 4.79 Å². The molecule has 0 saturated heterocycles. The lowest BCUT2D eigenvalue weighted by molar-refractivity contribution is -0.137. The molecule has 1 aliphatic rings. The Morgan fingerprint density at radius 1 is 1.11 bits per heavy atom. The third-order valence-electron chi connectivity index (χ3n) is 2.83. The Bertz CT molecular complexity index is 357. The molecule has 0 aromatic carbocycles. The van der Waals surface area contributed by atoms with E-state index in [4.69, 9.17) is 10.5 Å². The third-order valence-corrected chi connectivity index (χ3v) is 2.83. The fourth-order valence-electron chi connectivity index (χ4n) is 1.89. The van der Waals surface area contributed by atoms with Crippen LogP contribution < -0.4 is 16.6 Å². The average molecular weight is 279 g/mol. The van der Waals surface area contributed by atoms with Crippen molar-refractivity contribution in [3.63, 3.8) is 0 Å². The molecule has 0 atom stereocenters. The van der Waals surface area contributed by atoms with Crippen molar-refractivity contribution in [2.75, 3.05) is 0 Å². The number of hydrogen-bond donors (Lipinski definition) is 3. The van der Waals surface area contributed by atoms with E-state index in [2.05, 4.69) is 0 Å². The second-order valence-electron chi connectivity index (χ2n) is 4.19. The second kappa shape index (κ2) is 6.86. The van der Waals surface area contributed by atoms with E-state index in [0.29, 0.717) is 25.7 Å². The van der Waals surface area contributed by atoms with Gasteiger partial charge in [0.1, 0.15) is 6.10 Å². The molecule has 0 radical (unpaired) electrons. The molecule has 1 saturated carbocycles. The van der Waals surface area contributed by atoms with Crippen molar-refractivity contribution >= 4 is 17.9 Å². The van der Waals surface area contributed by atoms with Crippen LogP contribution in [-0.4, -0.2) is 30.4 Å². The van der Waals surface area contributed by atoms with Crippen molar-refractivity contribution in [3.05, 3.63) is 0 Å². The summed E-state index contributed by atoms with van der Waals surface area (Å²) in [6.45, 7) is 0. The van der Waals surface area contributed by atoms with E-state index in [1.54, 1.807) is 5.43 Å². The summed E-state index contributed by atoms with van der Waals surface area (Å²) in [5.74, 6) is -2.50. The minimum absolute atomic E-state index is 0.322. The Hall–Kier alpha value is -1.93. The highest BCUT2D eigenvalue weighted by Gasteiger charge is 2.28. The molecule has 4 N–H and O–H groups in total. The maximum absolute atomic E-state index is 11.9. The highest BCUT2D eigenvalue weighted by molar-refractivity contribution is 5.84. The number of ether oxygens (including phenoxy) is 1. The van der Waals surface area contributed by atoms with E-state index in [1.165, 1.54) is 0 Å². The molecule has 0 bridgehead atoms. The number of carbonyl (C=O) groups excluding carboxylic acids is 3. The molecule has 0 spiro atoms. The lowest BCUT2D eigenvalue weighted by atomic mass is 9.87. The van der Waals surface area contributed by atoms with E-state index < -0.39 is 30.3 Å². The fourth-order valence-corrected chi connectivity index (χ4v) is 1.89. The Balaban J connectivity index is 2.29. The van der Waals surface area contributed by atoms with Gasteiger partial charge in [-0.3, -0.25) is 20.4 Å². The first-order valence-electron chi connectivity index (χ1n) is 5.74. The quantitative estimate of drug-likeness (QED) is 0.634. The zero-order chi connectivity index (χ0) is 14.4. The van der Waals surface area contributed by atoms with Gasteiger partial charge in [0.2, 0.25) is 5.91 Å². The van der Waals surface area contributed by atoms with E-state index in [0.717, 1.165) is 0 Å². The monoisotopic (exact) mass is 279 g/mol. The van der Waals surface area contributed by atoms with Crippen molar-refractivity contribution < 1.29 is 27.9 Å². The summed E-state index contributed by atoms with van der Waals surface area (Å²) in [4.78, 5) is 32.6. The number of rotatable bonds is 3. The number of amides is 3. The minimum Gasteiger partial charge on any atom is -0.446 e. The lowest BCUT2D eigenvalue weighted by Gasteiger charge is -2.26. The average Bonchev–Trinajstić information content (AvgIpc) is 2.35. The molecule has 1 fully saturated rings. The Labute approximate surface area is 107 Å². The van der Waals surface area contributed by atoms with Crippen LogP contribution in [0.3, 0.4) is 0 Å². The number of hydrazine groups is 1. The number of hydrogen-bond acceptors (Lipinski definition) is 4. The van der Waals surface area contributed by atoms with Crippen LogP contribution in [0.1, 0.15) is 25.7 Å². The van der Waals surface area contributed by atoms with Crippen molar-refractivity contribution in [1.82, 2.24) is 10.9 Å². The smallest absolute Gasteiger partial charge is 0.404 e. The summed E-state index contributed by atoms with van der Waals surface area (Å²) >= 11 is 0. The van der Waals surface area contributed by atoms with Gasteiger partial charge in [0.05, 0.1) is 0 Å². The Morgan fingerprint density at radius 2 is 1.68 bits per heavy atom. The van der Waals surface area contributed by atoms with Gasteiger partial charge in [0, 0.05) is 5.92 Å². The SMILES string of the molecule is NC(=O)OC1CCC(C(=O)NNC(=O)C(F)F)CC1. The predicted octanol–water partition coefficient (Wildman–Crippen LogP) is 0.0530. The molecule has 1 rings (SSSR count). The molecule has 9 heteroatoms. The van der Waals surface area contributed by atoms with Gasteiger partial charge < -0.3 is 10.5 Å². The third kappa shape index (κ3) is 5.06. The van der Waals surface area contributed by atoms with Gasteiger partial charge in [-0.05, 0) is 25.7 Å². The molecule has 0 aliphatic heterocycles. The molecule has 19 heavy (non-hydrogen) atoms. The first-order chi connectivity index (χ1) is 8.90. The highest BCUT2D eigenvalue weighted by atomic mass is 19.3. The number of alkyl halides is 2. The van der Waals surface area contributed by atoms with Crippen molar-refractivity contribution in [2.24, 2.45) is 11.7 Å². The molecule has 0 aromatic rings. The first kappa shape index (κ1) is 15.1. The first-order valence-corrected chi connectivity index (χ1v) is 5.74. The molecular weight excluding hydrogens is 264 g/mol. The van der Waals surface area contributed by atoms with Gasteiger partial charge in [0.15, 0.2) is 0 Å². The number of nitrogens with one attached hydrogen (secondary N) is 2. The van der Waals surface area contributed by atoms with Crippen LogP contribution >= 0.6 is 0 Å². The number of nitrogens with two attached hydrogens (primary N) is 1. The van der Waals surface area contributed by atoms with Gasteiger partial charge in [-0.15, -0.1) is 0 Å². The predicted molar refractivity (Wildman–Crippen MR) is 58.7 cm³/mol. The van der Waals surface area contributed by atoms with Crippen molar-refractivity contribution in [2.45, 2.75) is 38.2 Å². The maximum atomic E-state index is 11.9. The Kier molecular flexibility index (Phi) is 5.46. The molecule has 0 unspecified atom stereocenters. The number of halogens is 2. The fraction of sp³-hybridized carbons (Fsp3) is 0.700. The van der Waals surface area contributed by atoms with Gasteiger partial charge >= 0.3 is 18.4 Å². The lowest BCUT2D eigenvalue weighted by Crippen LogP contribution is -2.47. The van der Waals surface area contributed by atoms with Gasteiger partial charge in [-0.1, -0.05) is 0 Å². The zero-order valence-electron chi connectivity index (χ0n) is 10.0. The van der Waals surface area contributed by atoms with Crippen LogP contribution in [-0.2, 0) is 14.3 Å². The van der Waals surface area contributed by atoms with Crippen molar-refractivity contribution in [3.8, 4) is 0 Å². The van der Waals surface area contributed by atoms with Crippen LogP contribution in [0.25, 0.3) is 0 Å². The molecule has 0 heterocycles. The summed E-state index contributed by atoms with van der Waals surface area (Å²) < 4.78 is 28.5. The maximum Gasteiger partial charge on any atom is 0.404 e. The highest BCUT2D eigenvalue weighted by Crippen LogP contribution is 2.26. The van der Waals surface area contributed by atoms with Crippen LogP contribution in [0.4, 0.5) is 13.6 Å². The number of primary amides is 1. The molecular formula is C10H15F2N3O4. The molecule has 0 aromatic heterocycles. The molecule has 1 aliphatic carbocycles. The normalized spacial score (nSPS) is 22.7. The zero-order valence-corrected chi connectivity index (χ0v) is 10.0. The van der Waals surface area contributed by atoms with Crippen LogP contribution in [0.5, 0.6) is 0 Å². The van der Waals surface area contributed by atoms with Gasteiger partial charge in [-0.2, -0.15) is 8.78 Å². The second-order valence-corrected chi connectivity index (χ2v) is 4.19. The summed E-state index contributed by atoms with van der Waals surface area (Å²) in [7, 11) is 0. The van der Waals surface area contributed by atoms with Crippen LogP contribution in [0.2, 0.25) is 0 Å². The molecule has 7 nitrogen and oxygen atoms in total. The topological polar surface area (TPSA) is 111 Å². The summed E-state index contributed by atoms with van der Waals surface area (Å²) in [5, 5.41) is 0. The van der Waals surface area contributed by atoms with E-state index in [1.807, 2.05) is 5.43 Å². The summed E-state index contributed by atoms with van der Waals surface area (Å²) in [6, 6.07) is 0. The largest absolute Gasteiger partial charge is 0.446 e. The van der Waals surface area contributed by atoms with Crippen molar-refractivity contribution in [1.29, 1.82) is 0 Å². The minimum atomic E-state index is -3.18.